The van der Waals surface area contributed by atoms with Crippen LogP contribution in [0.4, 0.5) is 4.39 Å². The minimum Gasteiger partial charge on any atom is -0.391 e. The largest absolute Gasteiger partial charge is 0.391 e. The number of aliphatic hydroxyl groups is 1. The van der Waals surface area contributed by atoms with E-state index in [1.165, 1.54) is 18.2 Å². The highest BCUT2D eigenvalue weighted by molar-refractivity contribution is 6.31. The predicted molar refractivity (Wildman–Crippen MR) is 54.6 cm³/mol. The summed E-state index contributed by atoms with van der Waals surface area (Å²) in [5.74, 6) is -0.400. The van der Waals surface area contributed by atoms with E-state index in [4.69, 9.17) is 17.3 Å². The maximum atomic E-state index is 12.9. The second-order valence-corrected chi connectivity index (χ2v) is 3.57. The summed E-state index contributed by atoms with van der Waals surface area (Å²) in [6.45, 7) is 1.80. The van der Waals surface area contributed by atoms with Crippen molar-refractivity contribution in [2.24, 2.45) is 5.73 Å². The Morgan fingerprint density at radius 2 is 2.21 bits per heavy atom. The van der Waals surface area contributed by atoms with E-state index < -0.39 is 18.0 Å². The fraction of sp³-hybridized carbons (Fsp3) is 0.400. The fourth-order valence-electron chi connectivity index (χ4n) is 1.23. The molecule has 0 aliphatic rings. The number of aliphatic hydroxyl groups excluding tert-OH is 1. The van der Waals surface area contributed by atoms with Gasteiger partial charge in [-0.1, -0.05) is 18.5 Å². The lowest BCUT2D eigenvalue weighted by molar-refractivity contribution is 0.140. The van der Waals surface area contributed by atoms with Gasteiger partial charge >= 0.3 is 0 Å². The Labute approximate surface area is 87.5 Å². The third-order valence-electron chi connectivity index (χ3n) is 2.15. The molecule has 0 aliphatic carbocycles. The molecule has 0 bridgehead atoms. The van der Waals surface area contributed by atoms with Gasteiger partial charge in [0.2, 0.25) is 0 Å². The molecule has 14 heavy (non-hydrogen) atoms. The maximum Gasteiger partial charge on any atom is 0.123 e. The van der Waals surface area contributed by atoms with Crippen molar-refractivity contribution in [2.75, 3.05) is 0 Å². The molecule has 0 saturated heterocycles. The van der Waals surface area contributed by atoms with Gasteiger partial charge < -0.3 is 10.8 Å². The number of benzene rings is 1. The zero-order valence-corrected chi connectivity index (χ0v) is 8.63. The number of halogens is 2. The van der Waals surface area contributed by atoms with Gasteiger partial charge in [-0.2, -0.15) is 0 Å². The third-order valence-corrected chi connectivity index (χ3v) is 2.49. The Morgan fingerprint density at radius 3 is 2.79 bits per heavy atom. The molecule has 0 amide bonds. The van der Waals surface area contributed by atoms with Crippen LogP contribution >= 0.6 is 11.6 Å². The molecule has 1 rings (SSSR count). The summed E-state index contributed by atoms with van der Waals surface area (Å²) in [7, 11) is 0. The molecule has 2 atom stereocenters. The van der Waals surface area contributed by atoms with Crippen LogP contribution in [0.2, 0.25) is 5.02 Å². The molecule has 1 aromatic carbocycles. The zero-order chi connectivity index (χ0) is 10.7. The first kappa shape index (κ1) is 11.4. The quantitative estimate of drug-likeness (QED) is 0.816. The minimum atomic E-state index is -0.700. The first-order chi connectivity index (χ1) is 6.56. The van der Waals surface area contributed by atoms with Crippen molar-refractivity contribution in [2.45, 2.75) is 25.5 Å². The lowest BCUT2D eigenvalue weighted by atomic mass is 10.0. The molecule has 0 fully saturated rings. The Kier molecular flexibility index (Phi) is 3.86. The SMILES string of the molecule is CCC(O)C(N)c1cc(F)ccc1Cl. The smallest absolute Gasteiger partial charge is 0.123 e. The number of hydrogen-bond acceptors (Lipinski definition) is 2. The summed E-state index contributed by atoms with van der Waals surface area (Å²) >= 11 is 5.83. The number of rotatable bonds is 3. The highest BCUT2D eigenvalue weighted by Crippen LogP contribution is 2.25. The van der Waals surface area contributed by atoms with Crippen LogP contribution in [0.25, 0.3) is 0 Å². The van der Waals surface area contributed by atoms with Crippen molar-refractivity contribution in [3.05, 3.63) is 34.6 Å². The first-order valence-corrected chi connectivity index (χ1v) is 4.82. The van der Waals surface area contributed by atoms with E-state index in [0.717, 1.165) is 0 Å². The summed E-state index contributed by atoms with van der Waals surface area (Å²) in [5, 5.41) is 9.87. The average molecular weight is 218 g/mol. The standard InChI is InChI=1S/C10H13ClFNO/c1-2-9(14)10(13)7-5-6(12)3-4-8(7)11/h3-5,9-10,14H,2,13H2,1H3. The molecular weight excluding hydrogens is 205 g/mol. The summed E-state index contributed by atoms with van der Waals surface area (Å²) < 4.78 is 12.9. The summed E-state index contributed by atoms with van der Waals surface area (Å²) in [6, 6.07) is 3.32. The van der Waals surface area contributed by atoms with E-state index in [9.17, 15) is 9.50 Å². The summed E-state index contributed by atoms with van der Waals surface area (Å²) in [4.78, 5) is 0. The molecule has 4 heteroatoms. The Hall–Kier alpha value is -0.640. The van der Waals surface area contributed by atoms with Gasteiger partial charge in [0, 0.05) is 5.02 Å². The molecule has 0 aliphatic heterocycles. The molecule has 0 aromatic heterocycles. The van der Waals surface area contributed by atoms with Gasteiger partial charge in [-0.25, -0.2) is 4.39 Å². The zero-order valence-electron chi connectivity index (χ0n) is 7.87. The molecule has 2 nitrogen and oxygen atoms in total. The number of hydrogen-bond donors (Lipinski definition) is 2. The van der Waals surface area contributed by atoms with Crippen LogP contribution < -0.4 is 5.73 Å². The normalized spacial score (nSPS) is 15.2. The van der Waals surface area contributed by atoms with Crippen LogP contribution in [-0.2, 0) is 0 Å². The van der Waals surface area contributed by atoms with Crippen molar-refractivity contribution in [1.29, 1.82) is 0 Å². The highest BCUT2D eigenvalue weighted by atomic mass is 35.5. The lowest BCUT2D eigenvalue weighted by Gasteiger charge is -2.18. The molecule has 0 heterocycles. The van der Waals surface area contributed by atoms with Crippen LogP contribution in [0.3, 0.4) is 0 Å². The lowest BCUT2D eigenvalue weighted by Crippen LogP contribution is -2.25. The topological polar surface area (TPSA) is 46.2 Å². The van der Waals surface area contributed by atoms with Crippen LogP contribution in [0.15, 0.2) is 18.2 Å². The van der Waals surface area contributed by atoms with Gasteiger partial charge in [-0.15, -0.1) is 0 Å². The van der Waals surface area contributed by atoms with E-state index in [-0.39, 0.29) is 0 Å². The Bertz CT molecular complexity index is 319. The Morgan fingerprint density at radius 1 is 1.57 bits per heavy atom. The molecule has 78 valence electrons. The van der Waals surface area contributed by atoms with Crippen molar-refractivity contribution in [1.82, 2.24) is 0 Å². The first-order valence-electron chi connectivity index (χ1n) is 4.44. The average Bonchev–Trinajstić information content (AvgIpc) is 2.19. The third kappa shape index (κ3) is 2.44. The molecular formula is C10H13ClFNO. The minimum absolute atomic E-state index is 0.381. The van der Waals surface area contributed by atoms with Crippen LogP contribution in [-0.4, -0.2) is 11.2 Å². The van der Waals surface area contributed by atoms with Crippen molar-refractivity contribution >= 4 is 11.6 Å². The van der Waals surface area contributed by atoms with Crippen molar-refractivity contribution in [3.8, 4) is 0 Å². The fourth-order valence-corrected chi connectivity index (χ4v) is 1.47. The summed E-state index contributed by atoms with van der Waals surface area (Å²) in [5.41, 5.74) is 6.16. The number of nitrogens with two attached hydrogens (primary N) is 1. The molecule has 2 unspecified atom stereocenters. The van der Waals surface area contributed by atoms with Crippen LogP contribution in [0, 0.1) is 5.82 Å². The maximum absolute atomic E-state index is 12.9. The van der Waals surface area contributed by atoms with E-state index in [1.54, 1.807) is 6.92 Å². The molecule has 0 radical (unpaired) electrons. The van der Waals surface area contributed by atoms with E-state index in [1.807, 2.05) is 0 Å². The van der Waals surface area contributed by atoms with Crippen LogP contribution in [0.1, 0.15) is 24.9 Å². The van der Waals surface area contributed by atoms with Crippen molar-refractivity contribution < 1.29 is 9.50 Å². The van der Waals surface area contributed by atoms with Gasteiger partial charge in [0.15, 0.2) is 0 Å². The van der Waals surface area contributed by atoms with Crippen molar-refractivity contribution in [3.63, 3.8) is 0 Å². The van der Waals surface area contributed by atoms with E-state index >= 15 is 0 Å². The molecule has 0 spiro atoms. The highest BCUT2D eigenvalue weighted by Gasteiger charge is 2.18. The van der Waals surface area contributed by atoms with Gasteiger partial charge in [0.1, 0.15) is 5.82 Å². The second-order valence-electron chi connectivity index (χ2n) is 3.17. The van der Waals surface area contributed by atoms with Crippen LogP contribution in [0.5, 0.6) is 0 Å². The Balaban J connectivity index is 2.99. The predicted octanol–water partition coefficient (Wildman–Crippen LogP) is 2.25. The van der Waals surface area contributed by atoms with Gasteiger partial charge in [-0.05, 0) is 30.2 Å². The molecule has 3 N–H and O–H groups in total. The molecule has 1 aromatic rings. The second kappa shape index (κ2) is 4.73. The van der Waals surface area contributed by atoms with E-state index in [2.05, 4.69) is 0 Å². The van der Waals surface area contributed by atoms with Gasteiger partial charge in [0.05, 0.1) is 12.1 Å². The van der Waals surface area contributed by atoms with Gasteiger partial charge in [-0.3, -0.25) is 0 Å². The summed E-state index contributed by atoms with van der Waals surface area (Å²) in [6.07, 6.45) is -0.192. The van der Waals surface area contributed by atoms with E-state index in [0.29, 0.717) is 17.0 Å². The molecule has 0 saturated carbocycles. The van der Waals surface area contributed by atoms with Gasteiger partial charge in [0.25, 0.3) is 0 Å². The monoisotopic (exact) mass is 217 g/mol.